The Kier molecular flexibility index (Phi) is 3.14. The molecule has 0 unspecified atom stereocenters. The van der Waals surface area contributed by atoms with Crippen molar-refractivity contribution in [3.05, 3.63) is 31.9 Å². The topological polar surface area (TPSA) is 58.4 Å². The molecule has 2 aliphatic rings. The lowest BCUT2D eigenvalue weighted by Crippen LogP contribution is -2.26. The standard InChI is InChI=1S/C12H14IN3O2/c13-11-3-10(16(17)18)1-2-12(11)15-6-8-4-14-5-9(8)7-15/h1-3,8-9,14H,4-7H2/t8-,9+. The largest absolute Gasteiger partial charge is 0.370 e. The first-order valence-electron chi connectivity index (χ1n) is 6.05. The second-order valence-electron chi connectivity index (χ2n) is 4.98. The highest BCUT2D eigenvalue weighted by atomic mass is 127. The van der Waals surface area contributed by atoms with E-state index in [1.54, 1.807) is 12.1 Å². The molecule has 1 aromatic rings. The van der Waals surface area contributed by atoms with Crippen molar-refractivity contribution in [3.63, 3.8) is 0 Å². The summed E-state index contributed by atoms with van der Waals surface area (Å²) in [4.78, 5) is 12.7. The van der Waals surface area contributed by atoms with Crippen LogP contribution in [0.3, 0.4) is 0 Å². The van der Waals surface area contributed by atoms with Gasteiger partial charge in [-0.3, -0.25) is 10.1 Å². The molecule has 0 spiro atoms. The number of nitro benzene ring substituents is 1. The van der Waals surface area contributed by atoms with Crippen LogP contribution in [0, 0.1) is 25.5 Å². The number of non-ortho nitro benzene ring substituents is 1. The quantitative estimate of drug-likeness (QED) is 0.498. The Bertz CT molecular complexity index is 482. The van der Waals surface area contributed by atoms with E-state index in [0.717, 1.165) is 47.3 Å². The highest BCUT2D eigenvalue weighted by Gasteiger charge is 2.36. The third-order valence-electron chi connectivity index (χ3n) is 3.87. The summed E-state index contributed by atoms with van der Waals surface area (Å²) in [5, 5.41) is 14.1. The van der Waals surface area contributed by atoms with Crippen molar-refractivity contribution in [1.29, 1.82) is 0 Å². The zero-order valence-corrected chi connectivity index (χ0v) is 12.0. The Labute approximate surface area is 119 Å². The van der Waals surface area contributed by atoms with Gasteiger partial charge in [-0.2, -0.15) is 0 Å². The van der Waals surface area contributed by atoms with Crippen molar-refractivity contribution in [3.8, 4) is 0 Å². The molecule has 0 aliphatic carbocycles. The summed E-state index contributed by atoms with van der Waals surface area (Å²) in [6.07, 6.45) is 0. The van der Waals surface area contributed by atoms with E-state index in [1.165, 1.54) is 0 Å². The molecule has 2 fully saturated rings. The molecule has 0 bridgehead atoms. The number of hydrogen-bond acceptors (Lipinski definition) is 4. The molecule has 0 radical (unpaired) electrons. The molecule has 96 valence electrons. The summed E-state index contributed by atoms with van der Waals surface area (Å²) in [7, 11) is 0. The fourth-order valence-electron chi connectivity index (χ4n) is 2.92. The molecule has 3 rings (SSSR count). The van der Waals surface area contributed by atoms with Crippen LogP contribution in [0.15, 0.2) is 18.2 Å². The second-order valence-corrected chi connectivity index (χ2v) is 6.14. The summed E-state index contributed by atoms with van der Waals surface area (Å²) in [5.74, 6) is 1.46. The summed E-state index contributed by atoms with van der Waals surface area (Å²) in [6, 6.07) is 5.14. The van der Waals surface area contributed by atoms with Gasteiger partial charge < -0.3 is 10.2 Å². The third-order valence-corrected chi connectivity index (χ3v) is 4.74. The number of nitro groups is 1. The van der Waals surface area contributed by atoms with Gasteiger partial charge in [0, 0.05) is 41.9 Å². The van der Waals surface area contributed by atoms with Gasteiger partial charge in [0.2, 0.25) is 0 Å². The first kappa shape index (κ1) is 12.2. The Balaban J connectivity index is 1.83. The molecule has 1 N–H and O–H groups in total. The number of rotatable bonds is 2. The first-order valence-corrected chi connectivity index (χ1v) is 7.12. The van der Waals surface area contributed by atoms with E-state index >= 15 is 0 Å². The van der Waals surface area contributed by atoms with Gasteiger partial charge in [0.1, 0.15) is 0 Å². The van der Waals surface area contributed by atoms with Crippen molar-refractivity contribution in [1.82, 2.24) is 5.32 Å². The van der Waals surface area contributed by atoms with Crippen molar-refractivity contribution >= 4 is 34.0 Å². The summed E-state index contributed by atoms with van der Waals surface area (Å²) >= 11 is 2.19. The Morgan fingerprint density at radius 1 is 1.33 bits per heavy atom. The summed E-state index contributed by atoms with van der Waals surface area (Å²) in [5.41, 5.74) is 1.31. The number of fused-ring (bicyclic) bond motifs is 1. The molecule has 5 nitrogen and oxygen atoms in total. The monoisotopic (exact) mass is 359 g/mol. The number of hydrogen-bond donors (Lipinski definition) is 1. The third kappa shape index (κ3) is 2.07. The van der Waals surface area contributed by atoms with Crippen molar-refractivity contribution < 1.29 is 4.92 Å². The van der Waals surface area contributed by atoms with Gasteiger partial charge in [0.15, 0.2) is 0 Å². The highest BCUT2D eigenvalue weighted by molar-refractivity contribution is 14.1. The fraction of sp³-hybridized carbons (Fsp3) is 0.500. The van der Waals surface area contributed by atoms with Crippen LogP contribution in [0.5, 0.6) is 0 Å². The molecule has 0 aromatic heterocycles. The highest BCUT2D eigenvalue weighted by Crippen LogP contribution is 2.34. The number of nitrogens with one attached hydrogen (secondary N) is 1. The van der Waals surface area contributed by atoms with Gasteiger partial charge in [0.25, 0.3) is 5.69 Å². The van der Waals surface area contributed by atoms with Crippen LogP contribution in [0.1, 0.15) is 0 Å². The molecule has 1 aromatic carbocycles. The SMILES string of the molecule is O=[N+]([O-])c1ccc(N2C[C@H]3CNC[C@H]3C2)c(I)c1. The van der Waals surface area contributed by atoms with Gasteiger partial charge in [0.05, 0.1) is 10.6 Å². The fourth-order valence-corrected chi connectivity index (χ4v) is 3.76. The van der Waals surface area contributed by atoms with Crippen LogP contribution in [0.2, 0.25) is 0 Å². The Morgan fingerprint density at radius 3 is 2.56 bits per heavy atom. The zero-order valence-electron chi connectivity index (χ0n) is 9.80. The maximum absolute atomic E-state index is 10.7. The smallest absolute Gasteiger partial charge is 0.270 e. The minimum absolute atomic E-state index is 0.171. The maximum Gasteiger partial charge on any atom is 0.270 e. The average molecular weight is 359 g/mol. The van der Waals surface area contributed by atoms with Gasteiger partial charge in [-0.05, 0) is 40.5 Å². The number of nitrogens with zero attached hydrogens (tertiary/aromatic N) is 2. The predicted octanol–water partition coefficient (Wildman–Crippen LogP) is 1.85. The van der Waals surface area contributed by atoms with Crippen molar-refractivity contribution in [2.45, 2.75) is 0 Å². The van der Waals surface area contributed by atoms with Crippen LogP contribution < -0.4 is 10.2 Å². The van der Waals surface area contributed by atoms with E-state index in [-0.39, 0.29) is 10.6 Å². The van der Waals surface area contributed by atoms with Gasteiger partial charge in [-0.15, -0.1) is 0 Å². The van der Waals surface area contributed by atoms with E-state index < -0.39 is 0 Å². The van der Waals surface area contributed by atoms with Crippen molar-refractivity contribution in [2.24, 2.45) is 11.8 Å². The molecular formula is C12H14IN3O2. The van der Waals surface area contributed by atoms with Gasteiger partial charge >= 0.3 is 0 Å². The second kappa shape index (κ2) is 4.65. The summed E-state index contributed by atoms with van der Waals surface area (Å²) < 4.78 is 0.967. The number of halogens is 1. The predicted molar refractivity (Wildman–Crippen MR) is 77.9 cm³/mol. The molecular weight excluding hydrogens is 345 g/mol. The molecule has 6 heteroatoms. The van der Waals surface area contributed by atoms with Crippen LogP contribution >= 0.6 is 22.6 Å². The van der Waals surface area contributed by atoms with Crippen LogP contribution in [0.4, 0.5) is 11.4 Å². The number of benzene rings is 1. The average Bonchev–Trinajstić information content (AvgIpc) is 2.88. The lowest BCUT2D eigenvalue weighted by Gasteiger charge is -2.21. The van der Waals surface area contributed by atoms with Gasteiger partial charge in [-0.25, -0.2) is 0 Å². The molecule has 0 saturated carbocycles. The first-order chi connectivity index (χ1) is 8.65. The van der Waals surface area contributed by atoms with Crippen LogP contribution in [-0.2, 0) is 0 Å². The molecule has 0 amide bonds. The molecule has 2 aliphatic heterocycles. The number of anilines is 1. The molecule has 2 saturated heterocycles. The minimum atomic E-state index is -0.339. The van der Waals surface area contributed by atoms with E-state index in [0.29, 0.717) is 0 Å². The van der Waals surface area contributed by atoms with E-state index in [4.69, 9.17) is 0 Å². The van der Waals surface area contributed by atoms with E-state index in [1.807, 2.05) is 6.07 Å². The van der Waals surface area contributed by atoms with E-state index in [2.05, 4.69) is 32.8 Å². The lowest BCUT2D eigenvalue weighted by atomic mass is 10.0. The maximum atomic E-state index is 10.7. The van der Waals surface area contributed by atoms with Gasteiger partial charge in [-0.1, -0.05) is 0 Å². The van der Waals surface area contributed by atoms with E-state index in [9.17, 15) is 10.1 Å². The Morgan fingerprint density at radius 2 is 2.00 bits per heavy atom. The Hall–Kier alpha value is -0.890. The molecule has 2 atom stereocenters. The van der Waals surface area contributed by atoms with Crippen molar-refractivity contribution in [2.75, 3.05) is 31.1 Å². The van der Waals surface area contributed by atoms with Crippen LogP contribution in [-0.4, -0.2) is 31.1 Å². The molecule has 2 heterocycles. The zero-order chi connectivity index (χ0) is 12.7. The normalized spacial score (nSPS) is 26.4. The lowest BCUT2D eigenvalue weighted by molar-refractivity contribution is -0.384. The minimum Gasteiger partial charge on any atom is -0.370 e. The molecule has 18 heavy (non-hydrogen) atoms. The summed E-state index contributed by atoms with van der Waals surface area (Å²) in [6.45, 7) is 4.33. The van der Waals surface area contributed by atoms with Crippen LogP contribution in [0.25, 0.3) is 0 Å².